The zero-order valence-corrected chi connectivity index (χ0v) is 15.8. The van der Waals surface area contributed by atoms with Crippen LogP contribution in [-0.2, 0) is 19.6 Å². The summed E-state index contributed by atoms with van der Waals surface area (Å²) in [6.45, 7) is 2.76. The van der Waals surface area contributed by atoms with E-state index in [1.54, 1.807) is 32.0 Å². The molecule has 2 aromatic rings. The third-order valence-electron chi connectivity index (χ3n) is 3.77. The minimum absolute atomic E-state index is 0.0958. The second-order valence-corrected chi connectivity index (χ2v) is 7.75. The third-order valence-corrected chi connectivity index (χ3v) is 5.37. The SMILES string of the molecule is Cc1ccc(C)c(S(=O)(=O)NCCC(=O)OCC(=O)c2cccc(F)c2)c1. The number of halogens is 1. The lowest BCUT2D eigenvalue weighted by molar-refractivity contribution is -0.142. The van der Waals surface area contributed by atoms with Crippen LogP contribution < -0.4 is 4.72 Å². The topological polar surface area (TPSA) is 89.5 Å². The van der Waals surface area contributed by atoms with Crippen molar-refractivity contribution in [2.75, 3.05) is 13.2 Å². The number of ether oxygens (including phenoxy) is 1. The van der Waals surface area contributed by atoms with Crippen molar-refractivity contribution in [1.29, 1.82) is 0 Å². The molecular weight excluding hydrogens is 373 g/mol. The molecule has 2 rings (SSSR count). The average molecular weight is 393 g/mol. The van der Waals surface area contributed by atoms with E-state index in [0.717, 1.165) is 11.6 Å². The maximum Gasteiger partial charge on any atom is 0.307 e. The van der Waals surface area contributed by atoms with Crippen molar-refractivity contribution in [3.63, 3.8) is 0 Å². The van der Waals surface area contributed by atoms with E-state index in [9.17, 15) is 22.4 Å². The van der Waals surface area contributed by atoms with Crippen molar-refractivity contribution in [1.82, 2.24) is 4.72 Å². The molecular formula is C19H20FNO5S. The molecule has 0 heterocycles. The van der Waals surface area contributed by atoms with Crippen LogP contribution in [0.3, 0.4) is 0 Å². The standard InChI is InChI=1S/C19H20FNO5S/c1-13-6-7-14(2)18(10-13)27(24,25)21-9-8-19(23)26-12-17(22)15-4-3-5-16(20)11-15/h3-7,10-11,21H,8-9,12H2,1-2H3. The van der Waals surface area contributed by atoms with Gasteiger partial charge in [-0.3, -0.25) is 9.59 Å². The first kappa shape index (κ1) is 20.7. The summed E-state index contributed by atoms with van der Waals surface area (Å²) in [6.07, 6.45) is -0.236. The zero-order chi connectivity index (χ0) is 20.0. The van der Waals surface area contributed by atoms with Crippen LogP contribution in [0, 0.1) is 19.7 Å². The fourth-order valence-corrected chi connectivity index (χ4v) is 3.68. The number of carbonyl (C=O) groups excluding carboxylic acids is 2. The lowest BCUT2D eigenvalue weighted by Gasteiger charge is -2.10. The quantitative estimate of drug-likeness (QED) is 0.550. The van der Waals surface area contributed by atoms with Crippen LogP contribution in [-0.4, -0.2) is 33.3 Å². The molecule has 27 heavy (non-hydrogen) atoms. The van der Waals surface area contributed by atoms with Gasteiger partial charge >= 0.3 is 5.97 Å². The van der Waals surface area contributed by atoms with Gasteiger partial charge in [0.2, 0.25) is 10.0 Å². The Morgan fingerprint density at radius 1 is 1.11 bits per heavy atom. The van der Waals surface area contributed by atoms with Crippen molar-refractivity contribution >= 4 is 21.8 Å². The number of esters is 1. The third kappa shape index (κ3) is 5.97. The molecule has 0 fully saturated rings. The summed E-state index contributed by atoms with van der Waals surface area (Å²) in [5.41, 5.74) is 1.49. The van der Waals surface area contributed by atoms with Crippen molar-refractivity contribution in [2.45, 2.75) is 25.2 Å². The zero-order valence-electron chi connectivity index (χ0n) is 15.0. The molecule has 6 nitrogen and oxygen atoms in total. The number of hydrogen-bond acceptors (Lipinski definition) is 5. The van der Waals surface area contributed by atoms with E-state index < -0.39 is 34.2 Å². The van der Waals surface area contributed by atoms with Crippen LogP contribution in [0.4, 0.5) is 4.39 Å². The Morgan fingerprint density at radius 2 is 1.85 bits per heavy atom. The average Bonchev–Trinajstić information content (AvgIpc) is 2.61. The maximum atomic E-state index is 13.1. The van der Waals surface area contributed by atoms with Crippen molar-refractivity contribution < 1.29 is 27.1 Å². The van der Waals surface area contributed by atoms with Gasteiger partial charge in [0.05, 0.1) is 11.3 Å². The summed E-state index contributed by atoms with van der Waals surface area (Å²) in [5.74, 6) is -1.84. The van der Waals surface area contributed by atoms with Crippen molar-refractivity contribution in [2.24, 2.45) is 0 Å². The number of nitrogens with one attached hydrogen (secondary N) is 1. The summed E-state index contributed by atoms with van der Waals surface area (Å²) >= 11 is 0. The number of hydrogen-bond donors (Lipinski definition) is 1. The highest BCUT2D eigenvalue weighted by Crippen LogP contribution is 2.16. The normalized spacial score (nSPS) is 11.2. The predicted octanol–water partition coefficient (Wildman–Crippen LogP) is 2.54. The van der Waals surface area contributed by atoms with Crippen LogP contribution in [0.1, 0.15) is 27.9 Å². The molecule has 0 bridgehead atoms. The van der Waals surface area contributed by atoms with Gasteiger partial charge in [-0.15, -0.1) is 0 Å². The summed E-state index contributed by atoms with van der Waals surface area (Å²) in [6, 6.07) is 10.1. The van der Waals surface area contributed by atoms with Crippen LogP contribution in [0.25, 0.3) is 0 Å². The summed E-state index contributed by atoms with van der Waals surface area (Å²) in [5, 5.41) is 0. The molecule has 1 N–H and O–H groups in total. The summed E-state index contributed by atoms with van der Waals surface area (Å²) in [4.78, 5) is 23.7. The molecule has 0 radical (unpaired) electrons. The minimum Gasteiger partial charge on any atom is -0.457 e. The van der Waals surface area contributed by atoms with E-state index in [4.69, 9.17) is 4.74 Å². The van der Waals surface area contributed by atoms with Gasteiger partial charge in [0.25, 0.3) is 0 Å². The van der Waals surface area contributed by atoms with E-state index in [1.165, 1.54) is 18.2 Å². The van der Waals surface area contributed by atoms with Gasteiger partial charge in [-0.25, -0.2) is 17.5 Å². The Kier molecular flexibility index (Phi) is 6.81. The lowest BCUT2D eigenvalue weighted by atomic mass is 10.1. The van der Waals surface area contributed by atoms with Gasteiger partial charge in [-0.2, -0.15) is 0 Å². The van der Waals surface area contributed by atoms with Crippen LogP contribution >= 0.6 is 0 Å². The molecule has 0 aliphatic carbocycles. The molecule has 0 unspecified atom stereocenters. The summed E-state index contributed by atoms with van der Waals surface area (Å²) < 4.78 is 44.9. The molecule has 0 saturated heterocycles. The number of sulfonamides is 1. The van der Waals surface area contributed by atoms with Crippen LogP contribution in [0.2, 0.25) is 0 Å². The predicted molar refractivity (Wildman–Crippen MR) is 97.4 cm³/mol. The highest BCUT2D eigenvalue weighted by Gasteiger charge is 2.17. The highest BCUT2D eigenvalue weighted by atomic mass is 32.2. The first-order chi connectivity index (χ1) is 12.7. The fraction of sp³-hybridized carbons (Fsp3) is 0.263. The number of aryl methyl sites for hydroxylation is 2. The Bertz CT molecular complexity index is 956. The van der Waals surface area contributed by atoms with Gasteiger partial charge in [0.15, 0.2) is 12.4 Å². The number of benzene rings is 2. The Labute approximate surface area is 157 Å². The molecule has 144 valence electrons. The van der Waals surface area contributed by atoms with Crippen LogP contribution in [0.5, 0.6) is 0 Å². The van der Waals surface area contributed by atoms with E-state index >= 15 is 0 Å². The van der Waals surface area contributed by atoms with E-state index in [1.807, 2.05) is 0 Å². The number of ketones is 1. The van der Waals surface area contributed by atoms with Gasteiger partial charge in [0.1, 0.15) is 5.82 Å². The molecule has 0 atom stereocenters. The Balaban J connectivity index is 1.83. The highest BCUT2D eigenvalue weighted by molar-refractivity contribution is 7.89. The first-order valence-corrected chi connectivity index (χ1v) is 9.68. The first-order valence-electron chi connectivity index (χ1n) is 8.20. The molecule has 0 spiro atoms. The Hall–Kier alpha value is -2.58. The number of Topliss-reactive ketones (excluding diaryl/α,β-unsaturated/α-hetero) is 1. The lowest BCUT2D eigenvalue weighted by Crippen LogP contribution is -2.28. The summed E-state index contributed by atoms with van der Waals surface area (Å²) in [7, 11) is -3.75. The largest absolute Gasteiger partial charge is 0.457 e. The van der Waals surface area contributed by atoms with Gasteiger partial charge in [0, 0.05) is 12.1 Å². The van der Waals surface area contributed by atoms with Gasteiger partial charge < -0.3 is 4.74 Å². The second kappa shape index (κ2) is 8.88. The van der Waals surface area contributed by atoms with Crippen molar-refractivity contribution in [3.8, 4) is 0 Å². The van der Waals surface area contributed by atoms with E-state index in [0.29, 0.717) is 5.56 Å². The maximum absolute atomic E-state index is 13.1. The molecule has 0 saturated carbocycles. The molecule has 0 aromatic heterocycles. The molecule has 0 amide bonds. The molecule has 0 aliphatic rings. The van der Waals surface area contributed by atoms with Gasteiger partial charge in [-0.05, 0) is 43.2 Å². The molecule has 0 aliphatic heterocycles. The number of rotatable bonds is 8. The minimum atomic E-state index is -3.75. The Morgan fingerprint density at radius 3 is 2.56 bits per heavy atom. The van der Waals surface area contributed by atoms with Crippen molar-refractivity contribution in [3.05, 3.63) is 65.0 Å². The van der Waals surface area contributed by atoms with Gasteiger partial charge in [-0.1, -0.05) is 24.3 Å². The fourth-order valence-electron chi connectivity index (χ4n) is 2.33. The van der Waals surface area contributed by atoms with E-state index in [2.05, 4.69) is 4.72 Å². The smallest absolute Gasteiger partial charge is 0.307 e. The van der Waals surface area contributed by atoms with Crippen LogP contribution in [0.15, 0.2) is 47.4 Å². The van der Waals surface area contributed by atoms with E-state index in [-0.39, 0.29) is 23.4 Å². The second-order valence-electron chi connectivity index (χ2n) is 6.01. The number of carbonyl (C=O) groups is 2. The molecule has 8 heteroatoms. The monoisotopic (exact) mass is 393 g/mol. The molecule has 2 aromatic carbocycles.